The SMILES string of the molecule is CC(NC(N)=O)C(C)(C)COc1cccc2c1C(N)=NS(=O)(=O)N2. The molecule has 0 bridgehead atoms. The van der Waals surface area contributed by atoms with Crippen LogP contribution in [0.25, 0.3) is 0 Å². The highest BCUT2D eigenvalue weighted by Gasteiger charge is 2.29. The molecule has 9 nitrogen and oxygen atoms in total. The fourth-order valence-electron chi connectivity index (χ4n) is 2.14. The van der Waals surface area contributed by atoms with E-state index in [0.717, 1.165) is 0 Å². The number of fused-ring (bicyclic) bond motifs is 1. The van der Waals surface area contributed by atoms with Gasteiger partial charge < -0.3 is 21.5 Å². The Morgan fingerprint density at radius 2 is 2.12 bits per heavy atom. The van der Waals surface area contributed by atoms with Gasteiger partial charge in [-0.2, -0.15) is 8.42 Å². The normalized spacial score (nSPS) is 17.0. The van der Waals surface area contributed by atoms with Gasteiger partial charge in [0.25, 0.3) is 0 Å². The lowest BCUT2D eigenvalue weighted by Gasteiger charge is -2.32. The van der Waals surface area contributed by atoms with Gasteiger partial charge in [0.2, 0.25) is 0 Å². The summed E-state index contributed by atoms with van der Waals surface area (Å²) in [7, 11) is -3.84. The van der Waals surface area contributed by atoms with Crippen LogP contribution in [0, 0.1) is 5.41 Å². The number of amides is 2. The number of nitrogens with one attached hydrogen (secondary N) is 2. The fourth-order valence-corrected chi connectivity index (χ4v) is 2.98. The molecular formula is C14H21N5O4S. The van der Waals surface area contributed by atoms with Crippen LogP contribution in [0.4, 0.5) is 10.5 Å². The number of nitrogens with zero attached hydrogens (tertiary/aromatic N) is 1. The number of carbonyl (C=O) groups is 1. The molecule has 0 saturated carbocycles. The highest BCUT2D eigenvalue weighted by molar-refractivity contribution is 7.91. The molecule has 1 aliphatic heterocycles. The highest BCUT2D eigenvalue weighted by atomic mass is 32.2. The van der Waals surface area contributed by atoms with E-state index in [4.69, 9.17) is 16.2 Å². The Morgan fingerprint density at radius 3 is 2.75 bits per heavy atom. The Bertz CT molecular complexity index is 788. The van der Waals surface area contributed by atoms with E-state index in [1.54, 1.807) is 18.2 Å². The summed E-state index contributed by atoms with van der Waals surface area (Å²) in [4.78, 5) is 11.0. The first-order valence-corrected chi connectivity index (χ1v) is 8.66. The molecule has 0 radical (unpaired) electrons. The maximum Gasteiger partial charge on any atom is 0.344 e. The van der Waals surface area contributed by atoms with E-state index < -0.39 is 21.7 Å². The quantitative estimate of drug-likeness (QED) is 0.607. The summed E-state index contributed by atoms with van der Waals surface area (Å²) in [6, 6.07) is 4.04. The van der Waals surface area contributed by atoms with Crippen molar-refractivity contribution in [3.05, 3.63) is 23.8 Å². The van der Waals surface area contributed by atoms with Crippen molar-refractivity contribution in [2.45, 2.75) is 26.8 Å². The number of carbonyl (C=O) groups excluding carboxylic acids is 1. The van der Waals surface area contributed by atoms with Crippen LogP contribution < -0.4 is 26.2 Å². The minimum Gasteiger partial charge on any atom is -0.492 e. The Kier molecular flexibility index (Phi) is 4.61. The third kappa shape index (κ3) is 3.88. The monoisotopic (exact) mass is 355 g/mol. The van der Waals surface area contributed by atoms with Crippen molar-refractivity contribution >= 4 is 27.8 Å². The van der Waals surface area contributed by atoms with E-state index in [1.165, 1.54) is 0 Å². The summed E-state index contributed by atoms with van der Waals surface area (Å²) in [5.41, 5.74) is 11.2. The standard InChI is InChI=1S/C14H21N5O4S/c1-8(17-13(16)20)14(2,3)7-23-10-6-4-5-9-11(10)12(15)19-24(21,22)18-9/h4-6,8,18H,7H2,1-3H3,(H2,15,19)(H3,16,17,20). The third-order valence-corrected chi connectivity index (χ3v) is 4.79. The molecule has 1 aliphatic rings. The van der Waals surface area contributed by atoms with Gasteiger partial charge in [0.1, 0.15) is 5.75 Å². The lowest BCUT2D eigenvalue weighted by atomic mass is 9.86. The van der Waals surface area contributed by atoms with Gasteiger partial charge in [0.15, 0.2) is 5.84 Å². The van der Waals surface area contributed by atoms with Crippen LogP contribution in [0.15, 0.2) is 22.6 Å². The van der Waals surface area contributed by atoms with Crippen molar-refractivity contribution in [2.75, 3.05) is 11.3 Å². The molecule has 10 heteroatoms. The van der Waals surface area contributed by atoms with Gasteiger partial charge in [-0.15, -0.1) is 4.40 Å². The Labute approximate surface area is 140 Å². The van der Waals surface area contributed by atoms with Crippen LogP contribution in [-0.2, 0) is 10.2 Å². The average Bonchev–Trinajstić information content (AvgIpc) is 2.42. The van der Waals surface area contributed by atoms with Crippen molar-refractivity contribution < 1.29 is 17.9 Å². The summed E-state index contributed by atoms with van der Waals surface area (Å²) in [6.45, 7) is 5.87. The second-order valence-electron chi connectivity index (χ2n) is 6.24. The lowest BCUT2D eigenvalue weighted by Crippen LogP contribution is -2.47. The topological polar surface area (TPSA) is 149 Å². The van der Waals surface area contributed by atoms with Crippen LogP contribution in [-0.4, -0.2) is 32.9 Å². The largest absolute Gasteiger partial charge is 0.492 e. The zero-order valence-electron chi connectivity index (χ0n) is 13.7. The third-order valence-electron chi connectivity index (χ3n) is 3.87. The molecule has 1 aromatic rings. The number of amidine groups is 1. The van der Waals surface area contributed by atoms with Gasteiger partial charge in [-0.05, 0) is 19.1 Å². The highest BCUT2D eigenvalue weighted by Crippen LogP contribution is 2.32. The first kappa shape index (κ1) is 17.9. The molecule has 24 heavy (non-hydrogen) atoms. The molecule has 0 aliphatic carbocycles. The van der Waals surface area contributed by atoms with Gasteiger partial charge in [0.05, 0.1) is 17.9 Å². The van der Waals surface area contributed by atoms with Crippen LogP contribution in [0.2, 0.25) is 0 Å². The van der Waals surface area contributed by atoms with Crippen molar-refractivity contribution in [3.8, 4) is 5.75 Å². The number of anilines is 1. The molecule has 1 heterocycles. The molecule has 6 N–H and O–H groups in total. The number of urea groups is 1. The fraction of sp³-hybridized carbons (Fsp3) is 0.429. The summed E-state index contributed by atoms with van der Waals surface area (Å²) < 4.78 is 34.7. The second kappa shape index (κ2) is 6.19. The second-order valence-corrected chi connectivity index (χ2v) is 7.58. The van der Waals surface area contributed by atoms with E-state index in [9.17, 15) is 13.2 Å². The molecule has 0 aromatic heterocycles. The first-order chi connectivity index (χ1) is 11.0. The van der Waals surface area contributed by atoms with Crippen LogP contribution in [0.1, 0.15) is 26.3 Å². The number of benzene rings is 1. The van der Waals surface area contributed by atoms with E-state index in [0.29, 0.717) is 17.0 Å². The minimum atomic E-state index is -3.84. The maximum atomic E-state index is 11.6. The predicted molar refractivity (Wildman–Crippen MR) is 91.2 cm³/mol. The van der Waals surface area contributed by atoms with E-state index in [2.05, 4.69) is 14.4 Å². The van der Waals surface area contributed by atoms with Crippen molar-refractivity contribution in [3.63, 3.8) is 0 Å². The smallest absolute Gasteiger partial charge is 0.344 e. The molecule has 1 aromatic carbocycles. The first-order valence-electron chi connectivity index (χ1n) is 7.22. The molecule has 0 saturated heterocycles. The van der Waals surface area contributed by atoms with E-state index in [1.807, 2.05) is 20.8 Å². The number of ether oxygens (including phenoxy) is 1. The maximum absolute atomic E-state index is 11.6. The molecule has 1 unspecified atom stereocenters. The van der Waals surface area contributed by atoms with Crippen LogP contribution in [0.5, 0.6) is 5.75 Å². The van der Waals surface area contributed by atoms with Gasteiger partial charge in [-0.1, -0.05) is 19.9 Å². The number of nitrogens with two attached hydrogens (primary N) is 2. The average molecular weight is 355 g/mol. The molecular weight excluding hydrogens is 334 g/mol. The Morgan fingerprint density at radius 1 is 1.46 bits per heavy atom. The van der Waals surface area contributed by atoms with Crippen molar-refractivity contribution in [1.29, 1.82) is 0 Å². The summed E-state index contributed by atoms with van der Waals surface area (Å²) >= 11 is 0. The van der Waals surface area contributed by atoms with E-state index >= 15 is 0 Å². The zero-order chi connectivity index (χ0) is 18.1. The lowest BCUT2D eigenvalue weighted by molar-refractivity contribution is 0.142. The van der Waals surface area contributed by atoms with Crippen LogP contribution in [0.3, 0.4) is 0 Å². The molecule has 0 spiro atoms. The minimum absolute atomic E-state index is 0.138. The van der Waals surface area contributed by atoms with Gasteiger partial charge in [-0.3, -0.25) is 4.72 Å². The number of hydrogen-bond donors (Lipinski definition) is 4. The summed E-state index contributed by atoms with van der Waals surface area (Å²) in [5, 5.41) is 2.62. The molecule has 2 rings (SSSR count). The van der Waals surface area contributed by atoms with Gasteiger partial charge >= 0.3 is 16.2 Å². The van der Waals surface area contributed by atoms with E-state index in [-0.39, 0.29) is 18.5 Å². The number of hydrogen-bond acceptors (Lipinski definition) is 5. The van der Waals surface area contributed by atoms with Crippen LogP contribution >= 0.6 is 0 Å². The zero-order valence-corrected chi connectivity index (χ0v) is 14.5. The molecule has 2 amide bonds. The van der Waals surface area contributed by atoms with Crippen molar-refractivity contribution in [1.82, 2.24) is 5.32 Å². The summed E-state index contributed by atoms with van der Waals surface area (Å²) in [6.07, 6.45) is 0. The molecule has 1 atom stereocenters. The van der Waals surface area contributed by atoms with Crippen molar-refractivity contribution in [2.24, 2.45) is 21.3 Å². The summed E-state index contributed by atoms with van der Waals surface area (Å²) in [5.74, 6) is 0.260. The number of primary amides is 1. The predicted octanol–water partition coefficient (Wildman–Crippen LogP) is 0.524. The molecule has 0 fully saturated rings. The van der Waals surface area contributed by atoms with Gasteiger partial charge in [0, 0.05) is 11.5 Å². The molecule has 132 valence electrons. The number of rotatable bonds is 5. The Balaban J connectivity index is 2.22. The Hall–Kier alpha value is -2.49. The van der Waals surface area contributed by atoms with Gasteiger partial charge in [-0.25, -0.2) is 4.79 Å².